The van der Waals surface area contributed by atoms with Crippen molar-refractivity contribution in [2.24, 2.45) is 0 Å². The van der Waals surface area contributed by atoms with Gasteiger partial charge >= 0.3 is 6.36 Å². The molecule has 1 aromatic rings. The molecule has 1 amide bonds. The predicted octanol–water partition coefficient (Wildman–Crippen LogP) is 3.53. The number of carbonyl (C=O) groups excluding carboxylic acids is 1. The Hall–Kier alpha value is -1.80. The van der Waals surface area contributed by atoms with Gasteiger partial charge in [0.1, 0.15) is 5.75 Å². The summed E-state index contributed by atoms with van der Waals surface area (Å²) in [5, 5.41) is 11.4. The Balaban J connectivity index is 1.84. The fourth-order valence-electron chi connectivity index (χ4n) is 4.46. The van der Waals surface area contributed by atoms with Gasteiger partial charge in [0.2, 0.25) is 5.91 Å². The summed E-state index contributed by atoms with van der Waals surface area (Å²) in [7, 11) is 0. The summed E-state index contributed by atoms with van der Waals surface area (Å²) in [5.74, 6) is -1.26. The molecular formula is C21H29F3N2O3. The number of carbonyl (C=O) groups is 1. The van der Waals surface area contributed by atoms with Crippen LogP contribution in [0.5, 0.6) is 5.75 Å². The van der Waals surface area contributed by atoms with Gasteiger partial charge in [-0.1, -0.05) is 38.3 Å². The van der Waals surface area contributed by atoms with Crippen LogP contribution in [0, 0.1) is 0 Å². The lowest BCUT2D eigenvalue weighted by Gasteiger charge is -2.42. The van der Waals surface area contributed by atoms with Gasteiger partial charge in [0, 0.05) is 26.2 Å². The number of ether oxygens (including phenoxy) is 1. The first-order chi connectivity index (χ1) is 13.7. The van der Waals surface area contributed by atoms with Crippen molar-refractivity contribution in [3.05, 3.63) is 29.8 Å². The van der Waals surface area contributed by atoms with Crippen molar-refractivity contribution in [2.75, 3.05) is 32.7 Å². The van der Waals surface area contributed by atoms with Crippen LogP contribution in [0.25, 0.3) is 0 Å². The van der Waals surface area contributed by atoms with Crippen LogP contribution in [0.4, 0.5) is 13.2 Å². The van der Waals surface area contributed by atoms with E-state index >= 15 is 0 Å². The number of halogens is 3. The minimum Gasteiger partial charge on any atom is -0.406 e. The van der Waals surface area contributed by atoms with Crippen molar-refractivity contribution in [1.82, 2.24) is 9.80 Å². The molecule has 0 spiro atoms. The van der Waals surface area contributed by atoms with E-state index in [1.54, 1.807) is 4.90 Å². The Morgan fingerprint density at radius 1 is 1.10 bits per heavy atom. The Morgan fingerprint density at radius 3 is 2.21 bits per heavy atom. The van der Waals surface area contributed by atoms with Gasteiger partial charge in [-0.15, -0.1) is 13.2 Å². The highest BCUT2D eigenvalue weighted by Gasteiger charge is 2.45. The van der Waals surface area contributed by atoms with Crippen molar-refractivity contribution in [2.45, 2.75) is 56.9 Å². The van der Waals surface area contributed by atoms with Gasteiger partial charge in [0.25, 0.3) is 0 Å². The van der Waals surface area contributed by atoms with Crippen LogP contribution in [0.3, 0.4) is 0 Å². The summed E-state index contributed by atoms with van der Waals surface area (Å²) >= 11 is 0. The van der Waals surface area contributed by atoms with Gasteiger partial charge in [-0.25, -0.2) is 0 Å². The number of benzene rings is 1. The zero-order valence-electron chi connectivity index (χ0n) is 16.7. The lowest BCUT2D eigenvalue weighted by atomic mass is 9.72. The number of piperazine rings is 1. The molecule has 162 valence electrons. The summed E-state index contributed by atoms with van der Waals surface area (Å²) in [6.07, 6.45) is -1.06. The number of amides is 1. The first kappa shape index (κ1) is 21.9. The Kier molecular flexibility index (Phi) is 6.73. The number of hydrogen-bond acceptors (Lipinski definition) is 4. The summed E-state index contributed by atoms with van der Waals surface area (Å²) in [6.45, 7) is 5.76. The van der Waals surface area contributed by atoms with Gasteiger partial charge in [0.05, 0.1) is 11.5 Å². The van der Waals surface area contributed by atoms with Gasteiger partial charge in [0.15, 0.2) is 0 Å². The first-order valence-corrected chi connectivity index (χ1v) is 10.3. The molecule has 2 fully saturated rings. The number of alkyl halides is 3. The normalized spacial score (nSPS) is 21.6. The zero-order chi connectivity index (χ0) is 21.1. The van der Waals surface area contributed by atoms with Crippen LogP contribution >= 0.6 is 0 Å². The Bertz CT molecular complexity index is 679. The second-order valence-corrected chi connectivity index (χ2v) is 7.97. The van der Waals surface area contributed by atoms with Crippen LogP contribution in [-0.4, -0.2) is 65.5 Å². The predicted molar refractivity (Wildman–Crippen MR) is 103 cm³/mol. The average Bonchev–Trinajstić information content (AvgIpc) is 2.69. The van der Waals surface area contributed by atoms with E-state index in [0.29, 0.717) is 31.5 Å². The van der Waals surface area contributed by atoms with E-state index < -0.39 is 17.9 Å². The molecule has 1 saturated carbocycles. The second kappa shape index (κ2) is 8.92. The second-order valence-electron chi connectivity index (χ2n) is 7.97. The molecule has 1 heterocycles. The molecule has 5 nitrogen and oxygen atoms in total. The van der Waals surface area contributed by atoms with Crippen LogP contribution < -0.4 is 4.74 Å². The van der Waals surface area contributed by atoms with Crippen LogP contribution in [0.1, 0.15) is 50.5 Å². The summed E-state index contributed by atoms with van der Waals surface area (Å²) in [6, 6.07) is 5.37. The van der Waals surface area contributed by atoms with Crippen molar-refractivity contribution in [1.29, 1.82) is 0 Å². The number of aliphatic hydroxyl groups is 1. The maximum atomic E-state index is 13.4. The van der Waals surface area contributed by atoms with Gasteiger partial charge in [-0.05, 0) is 37.1 Å². The Labute approximate surface area is 169 Å². The SMILES string of the molecule is CCN1CCN(C(=O)C(c2ccc(OC(F)(F)F)cc2)C2(O)CCCCC2)CC1. The number of rotatable bonds is 5. The van der Waals surface area contributed by atoms with Crippen molar-refractivity contribution in [3.63, 3.8) is 0 Å². The molecule has 2 aliphatic rings. The molecule has 1 saturated heterocycles. The first-order valence-electron chi connectivity index (χ1n) is 10.3. The zero-order valence-corrected chi connectivity index (χ0v) is 16.7. The van der Waals surface area contributed by atoms with Gasteiger partial charge in [-0.2, -0.15) is 0 Å². The van der Waals surface area contributed by atoms with Gasteiger partial charge < -0.3 is 19.6 Å². The highest BCUT2D eigenvalue weighted by molar-refractivity contribution is 5.85. The largest absolute Gasteiger partial charge is 0.573 e. The molecule has 0 bridgehead atoms. The maximum Gasteiger partial charge on any atom is 0.573 e. The summed E-state index contributed by atoms with van der Waals surface area (Å²) in [4.78, 5) is 17.5. The summed E-state index contributed by atoms with van der Waals surface area (Å²) < 4.78 is 41.3. The lowest BCUT2D eigenvalue weighted by molar-refractivity contribution is -0.274. The van der Waals surface area contributed by atoms with Gasteiger partial charge in [-0.3, -0.25) is 4.79 Å². The number of likely N-dealkylation sites (N-methyl/N-ethyl adjacent to an activating group) is 1. The standard InChI is InChI=1S/C21H29F3N2O3/c1-2-25-12-14-26(15-13-25)19(27)18(20(28)10-4-3-5-11-20)16-6-8-17(9-7-16)29-21(22,23)24/h6-9,18,28H,2-5,10-15H2,1H3. The van der Waals surface area contributed by atoms with Crippen LogP contribution in [0.2, 0.25) is 0 Å². The molecule has 0 aromatic heterocycles. The van der Waals surface area contributed by atoms with E-state index in [0.717, 1.165) is 38.9 Å². The molecule has 0 radical (unpaired) electrons. The smallest absolute Gasteiger partial charge is 0.406 e. The van der Waals surface area contributed by atoms with E-state index in [4.69, 9.17) is 0 Å². The minimum atomic E-state index is -4.77. The van der Waals surface area contributed by atoms with E-state index in [1.165, 1.54) is 24.3 Å². The minimum absolute atomic E-state index is 0.144. The number of nitrogens with zero attached hydrogens (tertiary/aromatic N) is 2. The maximum absolute atomic E-state index is 13.4. The van der Waals surface area contributed by atoms with Crippen molar-refractivity contribution < 1.29 is 27.8 Å². The third-order valence-corrected chi connectivity index (χ3v) is 6.08. The average molecular weight is 414 g/mol. The molecule has 1 N–H and O–H groups in total. The number of hydrogen-bond donors (Lipinski definition) is 1. The molecule has 8 heteroatoms. The highest BCUT2D eigenvalue weighted by atomic mass is 19.4. The van der Waals surface area contributed by atoms with Crippen LogP contribution in [0.15, 0.2) is 24.3 Å². The monoisotopic (exact) mass is 414 g/mol. The quantitative estimate of drug-likeness (QED) is 0.801. The van der Waals surface area contributed by atoms with E-state index in [9.17, 15) is 23.1 Å². The molecule has 3 rings (SSSR count). The van der Waals surface area contributed by atoms with E-state index in [1.807, 2.05) is 0 Å². The van der Waals surface area contributed by atoms with E-state index in [2.05, 4.69) is 16.6 Å². The molecule has 1 aliphatic carbocycles. The summed E-state index contributed by atoms with van der Waals surface area (Å²) in [5.41, 5.74) is -0.643. The topological polar surface area (TPSA) is 53.0 Å². The molecule has 1 aliphatic heterocycles. The molecule has 1 unspecified atom stereocenters. The fraction of sp³-hybridized carbons (Fsp3) is 0.667. The molecular weight excluding hydrogens is 385 g/mol. The molecule has 1 aromatic carbocycles. The Morgan fingerprint density at radius 2 is 1.69 bits per heavy atom. The molecule has 29 heavy (non-hydrogen) atoms. The highest BCUT2D eigenvalue weighted by Crippen LogP contribution is 2.41. The van der Waals surface area contributed by atoms with E-state index in [-0.39, 0.29) is 11.7 Å². The van der Waals surface area contributed by atoms with Crippen molar-refractivity contribution in [3.8, 4) is 5.75 Å². The third-order valence-electron chi connectivity index (χ3n) is 6.08. The molecule has 1 atom stereocenters. The lowest BCUT2D eigenvalue weighted by Crippen LogP contribution is -2.53. The van der Waals surface area contributed by atoms with Crippen molar-refractivity contribution >= 4 is 5.91 Å². The third kappa shape index (κ3) is 5.42. The van der Waals surface area contributed by atoms with Crippen LogP contribution in [-0.2, 0) is 4.79 Å². The fourth-order valence-corrected chi connectivity index (χ4v) is 4.46.